The van der Waals surface area contributed by atoms with Gasteiger partial charge in [-0.1, -0.05) is 0 Å². The van der Waals surface area contributed by atoms with E-state index in [0.29, 0.717) is 0 Å². The molecule has 3 nitrogen and oxygen atoms in total. The van der Waals surface area contributed by atoms with Gasteiger partial charge in [0.2, 0.25) is 6.36 Å². The van der Waals surface area contributed by atoms with Gasteiger partial charge in [-0.2, -0.15) is 0 Å². The van der Waals surface area contributed by atoms with Crippen LogP contribution in [0.15, 0.2) is 0 Å². The molecule has 0 aromatic carbocycles. The lowest BCUT2D eigenvalue weighted by atomic mass is 10.0. The molecule has 5 atom stereocenters. The van der Waals surface area contributed by atoms with Crippen LogP contribution < -0.4 is 0 Å². The van der Waals surface area contributed by atoms with Crippen LogP contribution in [0.3, 0.4) is 0 Å². The van der Waals surface area contributed by atoms with Crippen molar-refractivity contribution >= 4 is 0 Å². The van der Waals surface area contributed by atoms with E-state index in [2.05, 4.69) is 4.74 Å². The summed E-state index contributed by atoms with van der Waals surface area (Å²) in [6.45, 7) is 1.37. The van der Waals surface area contributed by atoms with E-state index in [1.807, 2.05) is 0 Å². The number of rotatable bonds is 0. The van der Waals surface area contributed by atoms with Gasteiger partial charge in [-0.25, -0.2) is 8.78 Å². The summed E-state index contributed by atoms with van der Waals surface area (Å²) in [7, 11) is 0. The molecule has 0 radical (unpaired) electrons. The van der Waals surface area contributed by atoms with Gasteiger partial charge >= 0.3 is 0 Å². The molecule has 1 aliphatic rings. The molecule has 1 aliphatic heterocycles. The fraction of sp³-hybridized carbons (Fsp3) is 1.00. The van der Waals surface area contributed by atoms with Gasteiger partial charge in [0, 0.05) is 0 Å². The predicted octanol–water partition coefficient (Wildman–Crippen LogP) is -0.239. The van der Waals surface area contributed by atoms with Gasteiger partial charge in [-0.15, -0.1) is 0 Å². The number of aliphatic hydroxyl groups excluding tert-OH is 2. The lowest BCUT2D eigenvalue weighted by Crippen LogP contribution is -2.53. The van der Waals surface area contributed by atoms with Gasteiger partial charge in [0.1, 0.15) is 12.2 Å². The third-order valence-corrected chi connectivity index (χ3v) is 1.75. The summed E-state index contributed by atoms with van der Waals surface area (Å²) in [6.07, 6.45) is -8.19. The molecular formula is C6H10F2O3. The molecule has 0 spiro atoms. The fourth-order valence-electron chi connectivity index (χ4n) is 0.982. The SMILES string of the molecule is C[C@@H]1O[C@H](F)[C@@H](F)[C@H](O)[C@@H]1O. The second-order valence-corrected chi connectivity index (χ2v) is 2.62. The molecule has 0 saturated carbocycles. The summed E-state index contributed by atoms with van der Waals surface area (Å²) in [5.74, 6) is 0. The van der Waals surface area contributed by atoms with Gasteiger partial charge in [-0.3, -0.25) is 0 Å². The Morgan fingerprint density at radius 1 is 1.18 bits per heavy atom. The van der Waals surface area contributed by atoms with E-state index < -0.39 is 30.8 Å². The first-order chi connectivity index (χ1) is 5.04. The third kappa shape index (κ3) is 1.50. The molecule has 1 heterocycles. The summed E-state index contributed by atoms with van der Waals surface area (Å²) in [5.41, 5.74) is 0. The van der Waals surface area contributed by atoms with Crippen LogP contribution in [0.5, 0.6) is 0 Å². The van der Waals surface area contributed by atoms with Gasteiger partial charge in [0.25, 0.3) is 0 Å². The van der Waals surface area contributed by atoms with Crippen LogP contribution in [0.4, 0.5) is 8.78 Å². The van der Waals surface area contributed by atoms with Crippen LogP contribution in [0.2, 0.25) is 0 Å². The summed E-state index contributed by atoms with van der Waals surface area (Å²) >= 11 is 0. The maximum absolute atomic E-state index is 12.5. The molecule has 11 heavy (non-hydrogen) atoms. The second kappa shape index (κ2) is 3.00. The molecule has 5 heteroatoms. The molecule has 1 fully saturated rings. The standard InChI is InChI=1S/C6H10F2O3/c1-2-4(9)5(10)3(7)6(8)11-2/h2-6,9-10H,1H3/t2-,3-,4+,5-,6-/m0/s1. The zero-order valence-electron chi connectivity index (χ0n) is 5.95. The van der Waals surface area contributed by atoms with Crippen LogP contribution >= 0.6 is 0 Å². The number of hydrogen-bond acceptors (Lipinski definition) is 3. The fourth-order valence-corrected chi connectivity index (χ4v) is 0.982. The van der Waals surface area contributed by atoms with Crippen LogP contribution in [-0.2, 0) is 4.74 Å². The second-order valence-electron chi connectivity index (χ2n) is 2.62. The number of aliphatic hydroxyl groups is 2. The van der Waals surface area contributed by atoms with Crippen molar-refractivity contribution in [2.75, 3.05) is 0 Å². The topological polar surface area (TPSA) is 49.7 Å². The average Bonchev–Trinajstić information content (AvgIpc) is 1.97. The largest absolute Gasteiger partial charge is 0.388 e. The van der Waals surface area contributed by atoms with Crippen molar-refractivity contribution in [2.45, 2.75) is 37.8 Å². The molecule has 0 bridgehead atoms. The normalized spacial score (nSPS) is 52.6. The first kappa shape index (κ1) is 8.83. The van der Waals surface area contributed by atoms with Crippen LogP contribution in [0, 0.1) is 0 Å². The Morgan fingerprint density at radius 3 is 2.27 bits per heavy atom. The highest BCUT2D eigenvalue weighted by Gasteiger charge is 2.43. The number of ether oxygens (including phenoxy) is 1. The molecule has 1 saturated heterocycles. The van der Waals surface area contributed by atoms with E-state index in [4.69, 9.17) is 10.2 Å². The minimum Gasteiger partial charge on any atom is -0.388 e. The smallest absolute Gasteiger partial charge is 0.233 e. The van der Waals surface area contributed by atoms with Gasteiger partial charge in [-0.05, 0) is 6.92 Å². The number of halogens is 2. The minimum atomic E-state index is -2.15. The van der Waals surface area contributed by atoms with Crippen molar-refractivity contribution in [3.63, 3.8) is 0 Å². The van der Waals surface area contributed by atoms with Gasteiger partial charge in [0.05, 0.1) is 6.10 Å². The zero-order chi connectivity index (χ0) is 8.59. The quantitative estimate of drug-likeness (QED) is 0.525. The molecular weight excluding hydrogens is 158 g/mol. The van der Waals surface area contributed by atoms with Gasteiger partial charge < -0.3 is 14.9 Å². The van der Waals surface area contributed by atoms with Crippen molar-refractivity contribution in [3.05, 3.63) is 0 Å². The first-order valence-electron chi connectivity index (χ1n) is 3.33. The zero-order valence-corrected chi connectivity index (χ0v) is 5.95. The lowest BCUT2D eigenvalue weighted by Gasteiger charge is -2.34. The molecule has 66 valence electrons. The van der Waals surface area contributed by atoms with E-state index in [1.54, 1.807) is 0 Å². The number of hydrogen-bond donors (Lipinski definition) is 2. The summed E-state index contributed by atoms with van der Waals surface area (Å²) in [6, 6.07) is 0. The van der Waals surface area contributed by atoms with Gasteiger partial charge in [0.15, 0.2) is 6.17 Å². The van der Waals surface area contributed by atoms with Crippen molar-refractivity contribution in [1.82, 2.24) is 0 Å². The molecule has 0 aromatic rings. The average molecular weight is 168 g/mol. The Kier molecular flexibility index (Phi) is 2.41. The molecule has 2 N–H and O–H groups in total. The van der Waals surface area contributed by atoms with Crippen LogP contribution in [0.1, 0.15) is 6.92 Å². The minimum absolute atomic E-state index is 0.869. The molecule has 0 aliphatic carbocycles. The lowest BCUT2D eigenvalue weighted by molar-refractivity contribution is -0.234. The van der Waals surface area contributed by atoms with Crippen molar-refractivity contribution in [1.29, 1.82) is 0 Å². The monoisotopic (exact) mass is 168 g/mol. The maximum Gasteiger partial charge on any atom is 0.233 e. The van der Waals surface area contributed by atoms with Crippen molar-refractivity contribution < 1.29 is 23.7 Å². The highest BCUT2D eigenvalue weighted by molar-refractivity contribution is 4.86. The Morgan fingerprint density at radius 2 is 1.73 bits per heavy atom. The van der Waals surface area contributed by atoms with E-state index in [9.17, 15) is 8.78 Å². The summed E-state index contributed by atoms with van der Waals surface area (Å²) in [5, 5.41) is 17.8. The Labute approximate surface area is 62.6 Å². The third-order valence-electron chi connectivity index (χ3n) is 1.75. The molecule has 1 rings (SSSR count). The van der Waals surface area contributed by atoms with E-state index in [1.165, 1.54) is 6.92 Å². The number of alkyl halides is 2. The Bertz CT molecular complexity index is 130. The highest BCUT2D eigenvalue weighted by Crippen LogP contribution is 2.23. The molecule has 0 unspecified atom stereocenters. The summed E-state index contributed by atoms with van der Waals surface area (Å²) in [4.78, 5) is 0. The molecule has 0 aromatic heterocycles. The van der Waals surface area contributed by atoms with Crippen LogP contribution in [0.25, 0.3) is 0 Å². The summed E-state index contributed by atoms with van der Waals surface area (Å²) < 4.78 is 29.2. The van der Waals surface area contributed by atoms with Crippen molar-refractivity contribution in [3.8, 4) is 0 Å². The van der Waals surface area contributed by atoms with Crippen LogP contribution in [-0.4, -0.2) is 41.1 Å². The highest BCUT2D eigenvalue weighted by atomic mass is 19.2. The Hall–Kier alpha value is -0.260. The van der Waals surface area contributed by atoms with E-state index in [0.717, 1.165) is 0 Å². The maximum atomic E-state index is 12.5. The first-order valence-corrected chi connectivity index (χ1v) is 3.33. The van der Waals surface area contributed by atoms with Crippen molar-refractivity contribution in [2.24, 2.45) is 0 Å². The Balaban J connectivity index is 2.63. The van der Waals surface area contributed by atoms with E-state index >= 15 is 0 Å². The molecule has 0 amide bonds. The predicted molar refractivity (Wildman–Crippen MR) is 32.4 cm³/mol. The van der Waals surface area contributed by atoms with E-state index in [-0.39, 0.29) is 0 Å².